The Bertz CT molecular complexity index is 2830. The van der Waals surface area contributed by atoms with E-state index in [1.165, 1.54) is 54.2 Å². The average molecular weight is 613 g/mol. The van der Waals surface area contributed by atoms with Crippen molar-refractivity contribution in [2.75, 3.05) is 0 Å². The molecule has 0 fully saturated rings. The summed E-state index contributed by atoms with van der Waals surface area (Å²) < 4.78 is 2.29. The Morgan fingerprint density at radius 1 is 0.479 bits per heavy atom. The molecule has 0 bridgehead atoms. The molecule has 10 rings (SSSR count). The van der Waals surface area contributed by atoms with E-state index in [4.69, 9.17) is 9.97 Å². The van der Waals surface area contributed by atoms with Crippen molar-refractivity contribution >= 4 is 54.1 Å². The van der Waals surface area contributed by atoms with Crippen molar-refractivity contribution in [3.05, 3.63) is 157 Å². The van der Waals surface area contributed by atoms with Gasteiger partial charge in [0.05, 0.1) is 40.0 Å². The van der Waals surface area contributed by atoms with Crippen LogP contribution in [-0.2, 0) is 0 Å². The highest BCUT2D eigenvalue weighted by Crippen LogP contribution is 2.39. The summed E-state index contributed by atoms with van der Waals surface area (Å²) in [5.41, 5.74) is 10.3. The summed E-state index contributed by atoms with van der Waals surface area (Å²) in [6.45, 7) is 2.14. The number of aromatic nitrogens is 4. The Morgan fingerprint density at radius 2 is 1.15 bits per heavy atom. The van der Waals surface area contributed by atoms with Gasteiger partial charge in [0.25, 0.3) is 0 Å². The second-order valence-corrected chi connectivity index (χ2v) is 12.6. The van der Waals surface area contributed by atoms with Crippen LogP contribution in [0.25, 0.3) is 93.7 Å². The third kappa shape index (κ3) is 4.06. The minimum Gasteiger partial charge on any atom is -0.308 e. The molecule has 0 aliphatic carbocycles. The Hall–Kier alpha value is -6.39. The number of aryl methyl sites for hydroxylation is 1. The van der Waals surface area contributed by atoms with E-state index in [-0.39, 0.29) is 0 Å². The number of fused-ring (bicyclic) bond motifs is 3. The van der Waals surface area contributed by atoms with Gasteiger partial charge in [-0.25, -0.2) is 9.97 Å². The van der Waals surface area contributed by atoms with Crippen LogP contribution in [0.4, 0.5) is 0 Å². The third-order valence-electron chi connectivity index (χ3n) is 9.71. The number of benzene rings is 6. The molecule has 6 aromatic carbocycles. The number of rotatable bonds is 4. The first-order valence-electron chi connectivity index (χ1n) is 16.3. The topological polar surface area (TPSA) is 43.6 Å². The molecule has 0 amide bonds. The molecule has 0 N–H and O–H groups in total. The largest absolute Gasteiger partial charge is 0.308 e. The summed E-state index contributed by atoms with van der Waals surface area (Å²) in [6, 6.07) is 49.6. The van der Waals surface area contributed by atoms with Gasteiger partial charge < -0.3 is 4.57 Å². The fourth-order valence-corrected chi connectivity index (χ4v) is 7.47. The highest BCUT2D eigenvalue weighted by molar-refractivity contribution is 6.25. The first kappa shape index (κ1) is 26.8. The van der Waals surface area contributed by atoms with Crippen LogP contribution in [0.5, 0.6) is 0 Å². The molecule has 48 heavy (non-hydrogen) atoms. The molecule has 0 unspecified atom stereocenters. The van der Waals surface area contributed by atoms with Gasteiger partial charge >= 0.3 is 0 Å². The molecule has 4 heterocycles. The minimum absolute atomic E-state index is 0.847. The highest BCUT2D eigenvalue weighted by atomic mass is 15.0. The number of pyridine rings is 3. The maximum atomic E-state index is 5.17. The average Bonchev–Trinajstić information content (AvgIpc) is 3.47. The summed E-state index contributed by atoms with van der Waals surface area (Å²) in [6.07, 6.45) is 3.82. The van der Waals surface area contributed by atoms with Gasteiger partial charge in [0.2, 0.25) is 0 Å². The molecule has 0 radical (unpaired) electrons. The van der Waals surface area contributed by atoms with Gasteiger partial charge in [-0.15, -0.1) is 0 Å². The second-order valence-electron chi connectivity index (χ2n) is 12.6. The normalized spacial score (nSPS) is 11.9. The van der Waals surface area contributed by atoms with E-state index in [0.29, 0.717) is 0 Å². The second kappa shape index (κ2) is 10.3. The first-order valence-corrected chi connectivity index (χ1v) is 16.3. The van der Waals surface area contributed by atoms with Gasteiger partial charge in [0.15, 0.2) is 0 Å². The van der Waals surface area contributed by atoms with Crippen molar-refractivity contribution in [2.24, 2.45) is 0 Å². The van der Waals surface area contributed by atoms with Crippen molar-refractivity contribution < 1.29 is 0 Å². The fourth-order valence-electron chi connectivity index (χ4n) is 7.47. The Labute approximate surface area is 276 Å². The molecule has 4 aromatic heterocycles. The lowest BCUT2D eigenvalue weighted by atomic mass is 9.91. The van der Waals surface area contributed by atoms with Gasteiger partial charge in [-0.2, -0.15) is 0 Å². The van der Waals surface area contributed by atoms with Gasteiger partial charge in [-0.1, -0.05) is 90.5 Å². The van der Waals surface area contributed by atoms with E-state index in [1.807, 2.05) is 24.5 Å². The van der Waals surface area contributed by atoms with E-state index in [0.717, 1.165) is 45.1 Å². The number of hydrogen-bond acceptors (Lipinski definition) is 3. The molecule has 0 spiro atoms. The molecule has 10 aromatic rings. The van der Waals surface area contributed by atoms with Gasteiger partial charge in [0, 0.05) is 33.8 Å². The fraction of sp³-hybridized carbons (Fsp3) is 0.0227. The summed E-state index contributed by atoms with van der Waals surface area (Å²) in [4.78, 5) is 14.7. The van der Waals surface area contributed by atoms with Crippen molar-refractivity contribution in [3.8, 4) is 39.6 Å². The standard InChI is InChI=1S/C44H28N4/c1-27-11-22-41-36(25-27)34-23-24-45-26-42(34)48(41)32-18-14-28(15-19-32)37-7-3-9-39(46-37)40-10-4-8-38(47-40)33-20-16-31-13-12-29-5-2-6-30-17-21-35(33)44(31)43(29)30/h2-26H,1H3. The molecular formula is C44H28N4. The zero-order valence-corrected chi connectivity index (χ0v) is 26.2. The smallest absolute Gasteiger partial charge is 0.0893 e. The molecule has 0 aliphatic rings. The molecule has 0 aliphatic heterocycles. The van der Waals surface area contributed by atoms with Crippen LogP contribution in [0.15, 0.2) is 152 Å². The van der Waals surface area contributed by atoms with Crippen molar-refractivity contribution in [1.29, 1.82) is 0 Å². The van der Waals surface area contributed by atoms with E-state index in [2.05, 4.69) is 144 Å². The predicted molar refractivity (Wildman–Crippen MR) is 199 cm³/mol. The Balaban J connectivity index is 1.03. The van der Waals surface area contributed by atoms with Crippen LogP contribution < -0.4 is 0 Å². The predicted octanol–water partition coefficient (Wildman–Crippen LogP) is 11.2. The highest BCUT2D eigenvalue weighted by Gasteiger charge is 2.15. The van der Waals surface area contributed by atoms with Crippen molar-refractivity contribution in [3.63, 3.8) is 0 Å². The van der Waals surface area contributed by atoms with Crippen LogP contribution in [0.3, 0.4) is 0 Å². The molecule has 224 valence electrons. The van der Waals surface area contributed by atoms with Gasteiger partial charge in [-0.3, -0.25) is 4.98 Å². The lowest BCUT2D eigenvalue weighted by Gasteiger charge is -2.14. The van der Waals surface area contributed by atoms with Crippen LogP contribution in [0.1, 0.15) is 5.56 Å². The van der Waals surface area contributed by atoms with Gasteiger partial charge in [-0.05, 0) is 93.8 Å². The summed E-state index contributed by atoms with van der Waals surface area (Å²) in [5.74, 6) is 0. The molecule has 0 saturated carbocycles. The van der Waals surface area contributed by atoms with Gasteiger partial charge in [0.1, 0.15) is 0 Å². The molecule has 0 atom stereocenters. The third-order valence-corrected chi connectivity index (χ3v) is 9.71. The maximum Gasteiger partial charge on any atom is 0.0893 e. The van der Waals surface area contributed by atoms with Crippen LogP contribution in [0.2, 0.25) is 0 Å². The van der Waals surface area contributed by atoms with Crippen LogP contribution >= 0.6 is 0 Å². The molecule has 0 saturated heterocycles. The lowest BCUT2D eigenvalue weighted by Crippen LogP contribution is -1.95. The minimum atomic E-state index is 0.847. The molecular weight excluding hydrogens is 585 g/mol. The summed E-state index contributed by atoms with van der Waals surface area (Å²) in [5, 5.41) is 10.1. The maximum absolute atomic E-state index is 5.17. The number of nitrogens with zero attached hydrogens (tertiary/aromatic N) is 4. The van der Waals surface area contributed by atoms with Crippen LogP contribution in [-0.4, -0.2) is 19.5 Å². The summed E-state index contributed by atoms with van der Waals surface area (Å²) >= 11 is 0. The Kier molecular flexibility index (Phi) is 5.75. The molecule has 4 nitrogen and oxygen atoms in total. The van der Waals surface area contributed by atoms with Crippen molar-refractivity contribution in [2.45, 2.75) is 6.92 Å². The van der Waals surface area contributed by atoms with E-state index >= 15 is 0 Å². The van der Waals surface area contributed by atoms with Crippen molar-refractivity contribution in [1.82, 2.24) is 19.5 Å². The quantitative estimate of drug-likeness (QED) is 0.186. The monoisotopic (exact) mass is 612 g/mol. The zero-order chi connectivity index (χ0) is 31.8. The zero-order valence-electron chi connectivity index (χ0n) is 26.2. The molecule has 4 heteroatoms. The van der Waals surface area contributed by atoms with E-state index in [9.17, 15) is 0 Å². The van der Waals surface area contributed by atoms with Crippen LogP contribution in [0, 0.1) is 6.92 Å². The SMILES string of the molecule is Cc1ccc2c(c1)c1ccncc1n2-c1ccc(-c2cccc(-c3cccc(-c4ccc5ccc6cccc7ccc4c5c67)n3)n2)cc1. The summed E-state index contributed by atoms with van der Waals surface area (Å²) in [7, 11) is 0. The Morgan fingerprint density at radius 3 is 1.96 bits per heavy atom. The first-order chi connectivity index (χ1) is 23.7. The van der Waals surface area contributed by atoms with E-state index in [1.54, 1.807) is 0 Å². The number of hydrogen-bond donors (Lipinski definition) is 0. The van der Waals surface area contributed by atoms with E-state index < -0.39 is 0 Å². The lowest BCUT2D eigenvalue weighted by molar-refractivity contribution is 1.16.